The van der Waals surface area contributed by atoms with Crippen molar-refractivity contribution in [1.29, 1.82) is 0 Å². The number of hydrogen-bond donors (Lipinski definition) is 1. The third-order valence-electron chi connectivity index (χ3n) is 3.70. The molecule has 0 heterocycles. The highest BCUT2D eigenvalue weighted by Gasteiger charge is 2.16. The van der Waals surface area contributed by atoms with Crippen LogP contribution in [-0.2, 0) is 6.42 Å². The van der Waals surface area contributed by atoms with E-state index in [9.17, 15) is 0 Å². The van der Waals surface area contributed by atoms with Crippen LogP contribution in [0.15, 0.2) is 36.4 Å². The molecule has 0 amide bonds. The van der Waals surface area contributed by atoms with Gasteiger partial charge in [-0.3, -0.25) is 0 Å². The van der Waals surface area contributed by atoms with E-state index in [4.69, 9.17) is 33.7 Å². The predicted molar refractivity (Wildman–Crippen MR) is 89.7 cm³/mol. The number of aryl methyl sites for hydroxylation is 1. The minimum atomic E-state index is 0.201. The van der Waals surface area contributed by atoms with Crippen molar-refractivity contribution in [2.24, 2.45) is 5.73 Å². The SMILES string of the molecule is COc1ccc(C(CN)Cc2cccc(Cl)c2Cl)c(C)c1. The molecule has 2 rings (SSSR count). The highest BCUT2D eigenvalue weighted by molar-refractivity contribution is 6.42. The van der Waals surface area contributed by atoms with Crippen molar-refractivity contribution in [3.63, 3.8) is 0 Å². The van der Waals surface area contributed by atoms with Gasteiger partial charge in [0.25, 0.3) is 0 Å². The van der Waals surface area contributed by atoms with Gasteiger partial charge in [-0.15, -0.1) is 0 Å². The first kappa shape index (κ1) is 16.2. The maximum atomic E-state index is 6.28. The number of nitrogens with two attached hydrogens (primary N) is 1. The van der Waals surface area contributed by atoms with E-state index in [1.807, 2.05) is 24.3 Å². The van der Waals surface area contributed by atoms with E-state index in [0.29, 0.717) is 16.6 Å². The van der Waals surface area contributed by atoms with Crippen molar-refractivity contribution < 1.29 is 4.74 Å². The Bertz CT molecular complexity index is 628. The van der Waals surface area contributed by atoms with Crippen molar-refractivity contribution >= 4 is 23.2 Å². The van der Waals surface area contributed by atoms with Gasteiger partial charge in [0.1, 0.15) is 5.75 Å². The molecule has 2 aromatic carbocycles. The normalized spacial score (nSPS) is 12.2. The van der Waals surface area contributed by atoms with Crippen molar-refractivity contribution in [2.45, 2.75) is 19.3 Å². The van der Waals surface area contributed by atoms with Crippen LogP contribution in [0.25, 0.3) is 0 Å². The molecule has 0 saturated heterocycles. The van der Waals surface area contributed by atoms with Crippen LogP contribution < -0.4 is 10.5 Å². The van der Waals surface area contributed by atoms with Crippen LogP contribution in [-0.4, -0.2) is 13.7 Å². The van der Waals surface area contributed by atoms with Gasteiger partial charge in [-0.25, -0.2) is 0 Å². The lowest BCUT2D eigenvalue weighted by Gasteiger charge is -2.19. The molecule has 0 aliphatic carbocycles. The Morgan fingerprint density at radius 1 is 1.19 bits per heavy atom. The van der Waals surface area contributed by atoms with Crippen molar-refractivity contribution in [2.75, 3.05) is 13.7 Å². The van der Waals surface area contributed by atoms with Crippen molar-refractivity contribution in [1.82, 2.24) is 0 Å². The zero-order chi connectivity index (χ0) is 15.4. The zero-order valence-corrected chi connectivity index (χ0v) is 13.7. The van der Waals surface area contributed by atoms with E-state index in [-0.39, 0.29) is 5.92 Å². The number of hydrogen-bond acceptors (Lipinski definition) is 2. The van der Waals surface area contributed by atoms with Gasteiger partial charge in [0.15, 0.2) is 0 Å². The maximum Gasteiger partial charge on any atom is 0.119 e. The average Bonchev–Trinajstić information content (AvgIpc) is 2.49. The molecule has 1 atom stereocenters. The summed E-state index contributed by atoms with van der Waals surface area (Å²) in [5.74, 6) is 1.06. The molecule has 0 aliphatic rings. The zero-order valence-electron chi connectivity index (χ0n) is 12.2. The Balaban J connectivity index is 2.30. The molecule has 0 aliphatic heterocycles. The largest absolute Gasteiger partial charge is 0.497 e. The van der Waals surface area contributed by atoms with Gasteiger partial charge in [-0.05, 0) is 54.8 Å². The summed E-state index contributed by atoms with van der Waals surface area (Å²) in [5.41, 5.74) is 9.38. The summed E-state index contributed by atoms with van der Waals surface area (Å²) in [7, 11) is 1.67. The van der Waals surface area contributed by atoms with E-state index in [0.717, 1.165) is 17.7 Å². The Morgan fingerprint density at radius 3 is 2.57 bits per heavy atom. The van der Waals surface area contributed by atoms with E-state index < -0.39 is 0 Å². The highest BCUT2D eigenvalue weighted by Crippen LogP contribution is 2.31. The summed E-state index contributed by atoms with van der Waals surface area (Å²) < 4.78 is 5.25. The molecule has 0 saturated carbocycles. The predicted octanol–water partition coefficient (Wildman–Crippen LogP) is 4.60. The number of ether oxygens (including phenoxy) is 1. The number of rotatable bonds is 5. The first-order valence-electron chi connectivity index (χ1n) is 6.84. The second kappa shape index (κ2) is 7.17. The lowest BCUT2D eigenvalue weighted by atomic mass is 9.89. The monoisotopic (exact) mass is 323 g/mol. The van der Waals surface area contributed by atoms with E-state index in [1.54, 1.807) is 13.2 Å². The summed E-state index contributed by atoms with van der Waals surface area (Å²) in [6, 6.07) is 11.8. The number of benzene rings is 2. The molecule has 2 nitrogen and oxygen atoms in total. The molecule has 4 heteroatoms. The molecule has 0 radical (unpaired) electrons. The fourth-order valence-electron chi connectivity index (χ4n) is 2.53. The standard InChI is InChI=1S/C17H19Cl2NO/c1-11-8-14(21-2)6-7-15(11)13(10-20)9-12-4-3-5-16(18)17(12)19/h3-8,13H,9-10,20H2,1-2H3. The third kappa shape index (κ3) is 3.70. The summed E-state index contributed by atoms with van der Waals surface area (Å²) in [5, 5.41) is 1.19. The quantitative estimate of drug-likeness (QED) is 0.873. The van der Waals surface area contributed by atoms with E-state index >= 15 is 0 Å². The first-order valence-corrected chi connectivity index (χ1v) is 7.60. The Hall–Kier alpha value is -1.22. The summed E-state index contributed by atoms with van der Waals surface area (Å²) in [4.78, 5) is 0. The Kier molecular flexibility index (Phi) is 5.51. The van der Waals surface area contributed by atoms with Crippen LogP contribution >= 0.6 is 23.2 Å². The molecule has 0 spiro atoms. The maximum absolute atomic E-state index is 6.28. The summed E-state index contributed by atoms with van der Waals surface area (Å²) in [6.45, 7) is 2.62. The third-order valence-corrected chi connectivity index (χ3v) is 4.56. The smallest absolute Gasteiger partial charge is 0.119 e. The Labute approximate surface area is 135 Å². The molecule has 112 valence electrons. The first-order chi connectivity index (χ1) is 10.1. The van der Waals surface area contributed by atoms with Gasteiger partial charge in [0, 0.05) is 5.92 Å². The highest BCUT2D eigenvalue weighted by atomic mass is 35.5. The molecule has 0 aromatic heterocycles. The molecular formula is C17H19Cl2NO. The molecule has 21 heavy (non-hydrogen) atoms. The molecule has 0 fully saturated rings. The lowest BCUT2D eigenvalue weighted by molar-refractivity contribution is 0.414. The van der Waals surface area contributed by atoms with Gasteiger partial charge < -0.3 is 10.5 Å². The number of methoxy groups -OCH3 is 1. The average molecular weight is 324 g/mol. The van der Waals surface area contributed by atoms with Gasteiger partial charge in [-0.1, -0.05) is 41.4 Å². The van der Waals surface area contributed by atoms with Crippen molar-refractivity contribution in [3.05, 3.63) is 63.1 Å². The Morgan fingerprint density at radius 2 is 1.95 bits per heavy atom. The van der Waals surface area contributed by atoms with Crippen LogP contribution in [0.4, 0.5) is 0 Å². The van der Waals surface area contributed by atoms with Gasteiger partial charge in [0.2, 0.25) is 0 Å². The van der Waals surface area contributed by atoms with Gasteiger partial charge >= 0.3 is 0 Å². The topological polar surface area (TPSA) is 35.2 Å². The second-order valence-electron chi connectivity index (χ2n) is 5.07. The minimum Gasteiger partial charge on any atom is -0.497 e. The molecular weight excluding hydrogens is 305 g/mol. The number of halogens is 2. The summed E-state index contributed by atoms with van der Waals surface area (Å²) >= 11 is 12.4. The van der Waals surface area contributed by atoms with Gasteiger partial charge in [-0.2, -0.15) is 0 Å². The fourth-order valence-corrected chi connectivity index (χ4v) is 2.92. The molecule has 2 aromatic rings. The van der Waals surface area contributed by atoms with Crippen LogP contribution in [0.3, 0.4) is 0 Å². The van der Waals surface area contributed by atoms with E-state index in [2.05, 4.69) is 13.0 Å². The second-order valence-corrected chi connectivity index (χ2v) is 5.86. The van der Waals surface area contributed by atoms with Crippen LogP contribution in [0.2, 0.25) is 10.0 Å². The summed E-state index contributed by atoms with van der Waals surface area (Å²) in [6.07, 6.45) is 0.767. The van der Waals surface area contributed by atoms with Crippen LogP contribution in [0, 0.1) is 6.92 Å². The van der Waals surface area contributed by atoms with Crippen molar-refractivity contribution in [3.8, 4) is 5.75 Å². The lowest BCUT2D eigenvalue weighted by Crippen LogP contribution is -2.16. The molecule has 1 unspecified atom stereocenters. The van der Waals surface area contributed by atoms with Crippen LogP contribution in [0.1, 0.15) is 22.6 Å². The molecule has 2 N–H and O–H groups in total. The van der Waals surface area contributed by atoms with Gasteiger partial charge in [0.05, 0.1) is 17.2 Å². The van der Waals surface area contributed by atoms with Crippen LogP contribution in [0.5, 0.6) is 5.75 Å². The van der Waals surface area contributed by atoms with E-state index in [1.165, 1.54) is 11.1 Å². The minimum absolute atomic E-state index is 0.201. The molecule has 0 bridgehead atoms. The fraction of sp³-hybridized carbons (Fsp3) is 0.294.